The Labute approximate surface area is 164 Å². The van der Waals surface area contributed by atoms with Gasteiger partial charge in [-0.05, 0) is 48.9 Å². The van der Waals surface area contributed by atoms with E-state index >= 15 is 0 Å². The lowest BCUT2D eigenvalue weighted by molar-refractivity contribution is -0.114. The van der Waals surface area contributed by atoms with Gasteiger partial charge in [0.1, 0.15) is 17.0 Å². The first-order valence-electron chi connectivity index (χ1n) is 8.90. The van der Waals surface area contributed by atoms with Crippen molar-refractivity contribution in [1.82, 2.24) is 4.98 Å². The Morgan fingerprint density at radius 2 is 1.75 bits per heavy atom. The molecule has 2 aromatic carbocycles. The normalized spacial score (nSPS) is 10.8. The lowest BCUT2D eigenvalue weighted by Gasteiger charge is -2.15. The number of hydrogen-bond donors (Lipinski definition) is 1. The molecule has 1 heterocycles. The number of aromatic nitrogens is 1. The van der Waals surface area contributed by atoms with Gasteiger partial charge >= 0.3 is 0 Å². The van der Waals surface area contributed by atoms with Crippen LogP contribution >= 0.6 is 0 Å². The fraction of sp³-hybridized carbons (Fsp3) is 0.273. The number of nitrogens with one attached hydrogen (secondary N) is 1. The van der Waals surface area contributed by atoms with Crippen LogP contribution in [0.5, 0.6) is 11.5 Å². The summed E-state index contributed by atoms with van der Waals surface area (Å²) in [4.78, 5) is 16.4. The monoisotopic (exact) mass is 380 g/mol. The van der Waals surface area contributed by atoms with Crippen molar-refractivity contribution >= 4 is 22.5 Å². The molecule has 0 atom stereocenters. The van der Waals surface area contributed by atoms with Crippen molar-refractivity contribution in [3.8, 4) is 22.8 Å². The maximum absolute atomic E-state index is 11.6. The van der Waals surface area contributed by atoms with Gasteiger partial charge in [0, 0.05) is 30.5 Å². The van der Waals surface area contributed by atoms with Crippen LogP contribution in [0.2, 0.25) is 0 Å². The van der Waals surface area contributed by atoms with Crippen molar-refractivity contribution in [2.24, 2.45) is 0 Å². The minimum atomic E-state index is -0.130. The second-order valence-electron chi connectivity index (χ2n) is 6.50. The number of carbonyl (C=O) groups excluding carboxylic acids is 1. The number of anilines is 1. The molecule has 1 aromatic heterocycles. The van der Waals surface area contributed by atoms with Gasteiger partial charge in [-0.1, -0.05) is 0 Å². The molecular weight excluding hydrogens is 356 g/mol. The summed E-state index contributed by atoms with van der Waals surface area (Å²) in [6, 6.07) is 11.5. The number of methoxy groups -OCH3 is 3. The third kappa shape index (κ3) is 3.77. The number of ether oxygens (including phenoxy) is 3. The zero-order valence-corrected chi connectivity index (χ0v) is 16.8. The van der Waals surface area contributed by atoms with Gasteiger partial charge in [0.15, 0.2) is 0 Å². The van der Waals surface area contributed by atoms with Gasteiger partial charge in [-0.15, -0.1) is 0 Å². The molecule has 146 valence electrons. The van der Waals surface area contributed by atoms with Gasteiger partial charge in [0.05, 0.1) is 32.2 Å². The summed E-state index contributed by atoms with van der Waals surface area (Å²) >= 11 is 0. The summed E-state index contributed by atoms with van der Waals surface area (Å²) in [7, 11) is 4.90. The number of benzene rings is 2. The number of aryl methyl sites for hydroxylation is 1. The molecule has 0 spiro atoms. The Morgan fingerprint density at radius 3 is 2.39 bits per heavy atom. The summed E-state index contributed by atoms with van der Waals surface area (Å²) in [6.07, 6.45) is 0. The Morgan fingerprint density at radius 1 is 1.04 bits per heavy atom. The van der Waals surface area contributed by atoms with Gasteiger partial charge in [-0.2, -0.15) is 0 Å². The van der Waals surface area contributed by atoms with E-state index < -0.39 is 0 Å². The third-order valence-electron chi connectivity index (χ3n) is 4.53. The van der Waals surface area contributed by atoms with Crippen molar-refractivity contribution in [1.29, 1.82) is 0 Å². The second kappa shape index (κ2) is 8.27. The van der Waals surface area contributed by atoms with E-state index in [1.165, 1.54) is 6.92 Å². The van der Waals surface area contributed by atoms with Gasteiger partial charge in [-0.25, -0.2) is 4.98 Å². The SMILES string of the molecule is COCc1cc(-c2cc(C)c3c(NC(C)=O)ccc(OC)c3n2)ccc1OC. The van der Waals surface area contributed by atoms with E-state index in [4.69, 9.17) is 19.2 Å². The Hall–Kier alpha value is -3.12. The number of rotatable bonds is 6. The topological polar surface area (TPSA) is 69.7 Å². The molecule has 0 fully saturated rings. The predicted molar refractivity (Wildman–Crippen MR) is 110 cm³/mol. The van der Waals surface area contributed by atoms with Crippen LogP contribution in [0.25, 0.3) is 22.2 Å². The molecule has 1 amide bonds. The number of carbonyl (C=O) groups is 1. The van der Waals surface area contributed by atoms with Crippen molar-refractivity contribution in [3.05, 3.63) is 47.5 Å². The molecule has 0 unspecified atom stereocenters. The van der Waals surface area contributed by atoms with Crippen LogP contribution in [0.3, 0.4) is 0 Å². The quantitative estimate of drug-likeness (QED) is 0.689. The average molecular weight is 380 g/mol. The third-order valence-corrected chi connectivity index (χ3v) is 4.53. The molecular formula is C22H24N2O4. The van der Waals surface area contributed by atoms with Crippen LogP contribution in [0, 0.1) is 6.92 Å². The molecule has 0 aliphatic rings. The minimum Gasteiger partial charge on any atom is -0.496 e. The first-order valence-corrected chi connectivity index (χ1v) is 8.90. The fourth-order valence-corrected chi connectivity index (χ4v) is 3.32. The molecule has 0 saturated carbocycles. The van der Waals surface area contributed by atoms with Crippen molar-refractivity contribution < 1.29 is 19.0 Å². The number of pyridine rings is 1. The van der Waals surface area contributed by atoms with Crippen LogP contribution in [0.4, 0.5) is 5.69 Å². The highest BCUT2D eigenvalue weighted by Gasteiger charge is 2.15. The summed E-state index contributed by atoms with van der Waals surface area (Å²) in [5.74, 6) is 1.29. The maximum Gasteiger partial charge on any atom is 0.221 e. The summed E-state index contributed by atoms with van der Waals surface area (Å²) in [5, 5.41) is 3.74. The second-order valence-corrected chi connectivity index (χ2v) is 6.50. The number of hydrogen-bond acceptors (Lipinski definition) is 5. The standard InChI is InChI=1S/C22H24N2O4/c1-13-10-18(15-6-8-19(27-4)16(11-15)12-26-3)24-22-20(28-5)9-7-17(21(13)22)23-14(2)25/h6-11H,12H2,1-5H3,(H,23,25). The van der Waals surface area contributed by atoms with E-state index in [0.717, 1.165) is 39.2 Å². The van der Waals surface area contributed by atoms with Gasteiger partial charge < -0.3 is 19.5 Å². The number of fused-ring (bicyclic) bond motifs is 1. The van der Waals surface area contributed by atoms with E-state index in [1.54, 1.807) is 21.3 Å². The summed E-state index contributed by atoms with van der Waals surface area (Å²) < 4.78 is 16.2. The van der Waals surface area contributed by atoms with Crippen molar-refractivity contribution in [3.63, 3.8) is 0 Å². The Kier molecular flexibility index (Phi) is 5.80. The molecule has 6 heteroatoms. The minimum absolute atomic E-state index is 0.130. The molecule has 0 aliphatic heterocycles. The molecule has 1 N–H and O–H groups in total. The zero-order valence-electron chi connectivity index (χ0n) is 16.8. The summed E-state index contributed by atoms with van der Waals surface area (Å²) in [6.45, 7) is 3.93. The van der Waals surface area contributed by atoms with E-state index in [1.807, 2.05) is 43.3 Å². The molecule has 0 saturated heterocycles. The highest BCUT2D eigenvalue weighted by atomic mass is 16.5. The van der Waals surface area contributed by atoms with E-state index in [-0.39, 0.29) is 5.91 Å². The molecule has 0 radical (unpaired) electrons. The molecule has 3 aromatic rings. The van der Waals surface area contributed by atoms with Gasteiger partial charge in [-0.3, -0.25) is 4.79 Å². The summed E-state index contributed by atoms with van der Waals surface area (Å²) in [5.41, 5.74) is 5.11. The predicted octanol–water partition coefficient (Wildman–Crippen LogP) is 4.33. The van der Waals surface area contributed by atoms with Crippen LogP contribution in [0.1, 0.15) is 18.1 Å². The van der Waals surface area contributed by atoms with E-state index in [2.05, 4.69) is 5.32 Å². The molecule has 6 nitrogen and oxygen atoms in total. The van der Waals surface area contributed by atoms with Crippen molar-refractivity contribution in [2.45, 2.75) is 20.5 Å². The fourth-order valence-electron chi connectivity index (χ4n) is 3.32. The zero-order chi connectivity index (χ0) is 20.3. The lowest BCUT2D eigenvalue weighted by atomic mass is 10.0. The van der Waals surface area contributed by atoms with Crippen LogP contribution in [-0.4, -0.2) is 32.2 Å². The molecule has 28 heavy (non-hydrogen) atoms. The number of amides is 1. The Balaban J connectivity index is 2.21. The molecule has 3 rings (SSSR count). The van der Waals surface area contributed by atoms with Crippen LogP contribution < -0.4 is 14.8 Å². The largest absolute Gasteiger partial charge is 0.496 e. The smallest absolute Gasteiger partial charge is 0.221 e. The number of nitrogens with zero attached hydrogens (tertiary/aromatic N) is 1. The first kappa shape index (κ1) is 19.6. The van der Waals surface area contributed by atoms with E-state index in [0.29, 0.717) is 17.9 Å². The van der Waals surface area contributed by atoms with Crippen LogP contribution in [-0.2, 0) is 16.1 Å². The van der Waals surface area contributed by atoms with Gasteiger partial charge in [0.2, 0.25) is 5.91 Å². The maximum atomic E-state index is 11.6. The van der Waals surface area contributed by atoms with Crippen molar-refractivity contribution in [2.75, 3.05) is 26.6 Å². The molecule has 0 aliphatic carbocycles. The highest BCUT2D eigenvalue weighted by molar-refractivity contribution is 6.04. The average Bonchev–Trinajstić information content (AvgIpc) is 2.67. The van der Waals surface area contributed by atoms with E-state index in [9.17, 15) is 4.79 Å². The first-order chi connectivity index (χ1) is 13.5. The van der Waals surface area contributed by atoms with Gasteiger partial charge in [0.25, 0.3) is 0 Å². The lowest BCUT2D eigenvalue weighted by Crippen LogP contribution is -2.07. The van der Waals surface area contributed by atoms with Crippen LogP contribution in [0.15, 0.2) is 36.4 Å². The Bertz CT molecular complexity index is 1030. The highest BCUT2D eigenvalue weighted by Crippen LogP contribution is 2.36. The molecule has 0 bridgehead atoms.